The van der Waals surface area contributed by atoms with Crippen molar-refractivity contribution in [1.29, 1.82) is 0 Å². The molecule has 0 radical (unpaired) electrons. The van der Waals surface area contributed by atoms with E-state index in [0.717, 1.165) is 12.8 Å². The first-order chi connectivity index (χ1) is 7.31. The van der Waals surface area contributed by atoms with E-state index in [-0.39, 0.29) is 19.2 Å². The van der Waals surface area contributed by atoms with E-state index in [0.29, 0.717) is 26.4 Å². The molecule has 0 heterocycles. The lowest BCUT2D eigenvalue weighted by Gasteiger charge is -2.05. The van der Waals surface area contributed by atoms with Gasteiger partial charge in [-0.25, -0.2) is 4.79 Å². The summed E-state index contributed by atoms with van der Waals surface area (Å²) in [7, 11) is 0. The number of rotatable bonds is 10. The molecule has 0 rings (SSSR count). The molecule has 0 aromatic heterocycles. The highest BCUT2D eigenvalue weighted by molar-refractivity contribution is 5.70. The van der Waals surface area contributed by atoms with Crippen molar-refractivity contribution in [1.82, 2.24) is 0 Å². The average molecular weight is 220 g/mol. The summed E-state index contributed by atoms with van der Waals surface area (Å²) in [4.78, 5) is 10.8. The van der Waals surface area contributed by atoms with Crippen molar-refractivity contribution in [3.05, 3.63) is 0 Å². The molecule has 0 saturated heterocycles. The van der Waals surface area contributed by atoms with Gasteiger partial charge in [-0.05, 0) is 19.8 Å². The van der Waals surface area contributed by atoms with Crippen molar-refractivity contribution >= 4 is 5.97 Å². The van der Waals surface area contributed by atoms with Crippen molar-refractivity contribution in [3.63, 3.8) is 0 Å². The van der Waals surface area contributed by atoms with Gasteiger partial charge in [0.15, 0.2) is 0 Å². The third kappa shape index (κ3) is 11.3. The smallest absolute Gasteiger partial charge is 0.332 e. The molecule has 0 bridgehead atoms. The number of unbranched alkanes of at least 4 members (excludes halogenated alkanes) is 1. The van der Waals surface area contributed by atoms with Crippen LogP contribution in [0.25, 0.3) is 0 Å². The first-order valence-corrected chi connectivity index (χ1v) is 5.23. The molecule has 0 aromatic carbocycles. The summed E-state index contributed by atoms with van der Waals surface area (Å²) < 4.78 is 14.9. The number of hydrogen-bond donors (Lipinski definition) is 1. The van der Waals surface area contributed by atoms with Crippen molar-refractivity contribution in [2.75, 3.05) is 39.6 Å². The van der Waals surface area contributed by atoms with Gasteiger partial charge in [-0.1, -0.05) is 0 Å². The van der Waals surface area contributed by atoms with Gasteiger partial charge in [-0.3, -0.25) is 0 Å². The van der Waals surface area contributed by atoms with Crippen LogP contribution in [0.15, 0.2) is 0 Å². The maximum atomic E-state index is 10.8. The van der Waals surface area contributed by atoms with Crippen LogP contribution in [0.4, 0.5) is 0 Å². The highest BCUT2D eigenvalue weighted by Crippen LogP contribution is 1.89. The molecule has 0 saturated carbocycles. The third-order valence-electron chi connectivity index (χ3n) is 1.59. The molecule has 0 spiro atoms. The minimum Gasteiger partial charge on any atom is -0.464 e. The van der Waals surface area contributed by atoms with Crippen LogP contribution in [0.2, 0.25) is 0 Å². The van der Waals surface area contributed by atoms with Gasteiger partial charge in [0.25, 0.3) is 0 Å². The zero-order chi connectivity index (χ0) is 11.4. The monoisotopic (exact) mass is 220 g/mol. The predicted octanol–water partition coefficient (Wildman–Crippen LogP) is 0.355. The molecule has 0 unspecified atom stereocenters. The van der Waals surface area contributed by atoms with E-state index in [9.17, 15) is 4.79 Å². The van der Waals surface area contributed by atoms with Crippen molar-refractivity contribution < 1.29 is 24.1 Å². The maximum absolute atomic E-state index is 10.8. The van der Waals surface area contributed by atoms with Crippen LogP contribution in [0.5, 0.6) is 0 Å². The summed E-state index contributed by atoms with van der Waals surface area (Å²) in [5, 5.41) is 8.49. The van der Waals surface area contributed by atoms with Gasteiger partial charge in [0.05, 0.1) is 19.8 Å². The Balaban J connectivity index is 3.01. The summed E-state index contributed by atoms with van der Waals surface area (Å²) in [6.07, 6.45) is 1.60. The van der Waals surface area contributed by atoms with E-state index in [1.54, 1.807) is 6.92 Å². The molecule has 15 heavy (non-hydrogen) atoms. The number of esters is 1. The molecular weight excluding hydrogens is 200 g/mol. The van der Waals surface area contributed by atoms with Crippen molar-refractivity contribution in [2.45, 2.75) is 19.8 Å². The number of carbonyl (C=O) groups is 1. The topological polar surface area (TPSA) is 65.0 Å². The first-order valence-electron chi connectivity index (χ1n) is 5.23. The Kier molecular flexibility index (Phi) is 10.9. The van der Waals surface area contributed by atoms with E-state index >= 15 is 0 Å². The van der Waals surface area contributed by atoms with Gasteiger partial charge in [0.1, 0.15) is 6.61 Å². The van der Waals surface area contributed by atoms with Crippen LogP contribution in [0.1, 0.15) is 19.8 Å². The molecule has 90 valence electrons. The standard InChI is InChI=1S/C10H20O5/c1-2-15-10(12)9-14-8-7-13-6-4-3-5-11/h11H,2-9H2,1H3. The van der Waals surface area contributed by atoms with Crippen LogP contribution in [-0.2, 0) is 19.0 Å². The van der Waals surface area contributed by atoms with E-state index in [1.807, 2.05) is 0 Å². The summed E-state index contributed by atoms with van der Waals surface area (Å²) in [6.45, 7) is 3.77. The fourth-order valence-corrected chi connectivity index (χ4v) is 0.894. The molecule has 5 nitrogen and oxygen atoms in total. The Morgan fingerprint density at radius 1 is 1.13 bits per heavy atom. The summed E-state index contributed by atoms with van der Waals surface area (Å²) >= 11 is 0. The summed E-state index contributed by atoms with van der Waals surface area (Å²) in [5.74, 6) is -0.349. The number of carbonyl (C=O) groups excluding carboxylic acids is 1. The van der Waals surface area contributed by atoms with Crippen LogP contribution in [0.3, 0.4) is 0 Å². The van der Waals surface area contributed by atoms with Crippen LogP contribution in [-0.4, -0.2) is 50.7 Å². The molecule has 0 fully saturated rings. The van der Waals surface area contributed by atoms with Crippen LogP contribution < -0.4 is 0 Å². The quantitative estimate of drug-likeness (QED) is 0.425. The fraction of sp³-hybridized carbons (Fsp3) is 0.900. The molecule has 0 amide bonds. The minimum absolute atomic E-state index is 0.0200. The van der Waals surface area contributed by atoms with Gasteiger partial charge in [0.2, 0.25) is 0 Å². The Hall–Kier alpha value is -0.650. The number of ether oxygens (including phenoxy) is 3. The van der Waals surface area contributed by atoms with Gasteiger partial charge < -0.3 is 19.3 Å². The predicted molar refractivity (Wildman–Crippen MR) is 54.6 cm³/mol. The van der Waals surface area contributed by atoms with Gasteiger partial charge in [-0.15, -0.1) is 0 Å². The Morgan fingerprint density at radius 3 is 2.53 bits per heavy atom. The SMILES string of the molecule is CCOC(=O)COCCOCCCCO. The molecule has 0 atom stereocenters. The zero-order valence-electron chi connectivity index (χ0n) is 9.24. The number of aliphatic hydroxyl groups excluding tert-OH is 1. The van der Waals surface area contributed by atoms with E-state index in [4.69, 9.17) is 14.6 Å². The minimum atomic E-state index is -0.349. The second-order valence-electron chi connectivity index (χ2n) is 2.90. The highest BCUT2D eigenvalue weighted by atomic mass is 16.6. The fourth-order valence-electron chi connectivity index (χ4n) is 0.894. The molecule has 0 aliphatic rings. The highest BCUT2D eigenvalue weighted by Gasteiger charge is 2.00. The van der Waals surface area contributed by atoms with Gasteiger partial charge >= 0.3 is 5.97 Å². The zero-order valence-corrected chi connectivity index (χ0v) is 9.24. The average Bonchev–Trinajstić information content (AvgIpc) is 2.22. The first kappa shape index (κ1) is 14.3. The molecule has 1 N–H and O–H groups in total. The molecule has 0 aliphatic carbocycles. The van der Waals surface area contributed by atoms with Crippen molar-refractivity contribution in [3.8, 4) is 0 Å². The Morgan fingerprint density at radius 2 is 1.87 bits per heavy atom. The van der Waals surface area contributed by atoms with E-state index in [1.165, 1.54) is 0 Å². The largest absolute Gasteiger partial charge is 0.464 e. The lowest BCUT2D eigenvalue weighted by molar-refractivity contribution is -0.148. The molecule has 0 aromatic rings. The van der Waals surface area contributed by atoms with E-state index < -0.39 is 0 Å². The van der Waals surface area contributed by atoms with Gasteiger partial charge in [0, 0.05) is 13.2 Å². The Bertz CT molecular complexity index is 149. The lowest BCUT2D eigenvalue weighted by Crippen LogP contribution is -2.15. The maximum Gasteiger partial charge on any atom is 0.332 e. The van der Waals surface area contributed by atoms with E-state index in [2.05, 4.69) is 4.74 Å². The second kappa shape index (κ2) is 11.4. The van der Waals surface area contributed by atoms with Crippen molar-refractivity contribution in [2.24, 2.45) is 0 Å². The second-order valence-corrected chi connectivity index (χ2v) is 2.90. The number of hydrogen-bond acceptors (Lipinski definition) is 5. The summed E-state index contributed by atoms with van der Waals surface area (Å²) in [5.41, 5.74) is 0. The summed E-state index contributed by atoms with van der Waals surface area (Å²) in [6, 6.07) is 0. The van der Waals surface area contributed by atoms with Crippen LogP contribution in [0, 0.1) is 0 Å². The normalized spacial score (nSPS) is 10.3. The van der Waals surface area contributed by atoms with Gasteiger partial charge in [-0.2, -0.15) is 0 Å². The Labute approximate surface area is 90.3 Å². The molecule has 0 aliphatic heterocycles. The molecule has 5 heteroatoms. The molecular formula is C10H20O5. The number of aliphatic hydroxyl groups is 1. The lowest BCUT2D eigenvalue weighted by atomic mass is 10.3. The third-order valence-corrected chi connectivity index (χ3v) is 1.59. The van der Waals surface area contributed by atoms with Crippen LogP contribution >= 0.6 is 0 Å².